The summed E-state index contributed by atoms with van der Waals surface area (Å²) >= 11 is 1.37. The number of nitrogens with zero attached hydrogens (tertiary/aromatic N) is 1. The molecule has 2 aromatic carbocycles. The third-order valence-electron chi connectivity index (χ3n) is 4.27. The van der Waals surface area contributed by atoms with Gasteiger partial charge in [0.15, 0.2) is 5.13 Å². The standard InChI is InChI=1S/C22H24N2O4S/c1-15-6-8-16(9-7-15)28-12-4-5-21(25)24-22-23-19(14-29-22)18-13-17(26-2)10-11-20(18)27-3/h6-11,13-14H,4-5,12H2,1-3H3,(H,23,24,25). The molecule has 0 bridgehead atoms. The van der Waals surface area contributed by atoms with Crippen LogP contribution in [0.3, 0.4) is 0 Å². The Labute approximate surface area is 174 Å². The van der Waals surface area contributed by atoms with Gasteiger partial charge in [0.25, 0.3) is 0 Å². The molecule has 0 spiro atoms. The number of methoxy groups -OCH3 is 2. The molecular weight excluding hydrogens is 388 g/mol. The van der Waals surface area contributed by atoms with Gasteiger partial charge in [-0.2, -0.15) is 0 Å². The van der Waals surface area contributed by atoms with Crippen LogP contribution in [0, 0.1) is 6.92 Å². The zero-order valence-electron chi connectivity index (χ0n) is 16.7. The van der Waals surface area contributed by atoms with Crippen molar-refractivity contribution in [1.29, 1.82) is 0 Å². The van der Waals surface area contributed by atoms with E-state index in [0.29, 0.717) is 36.1 Å². The van der Waals surface area contributed by atoms with Crippen molar-refractivity contribution in [3.63, 3.8) is 0 Å². The van der Waals surface area contributed by atoms with E-state index in [-0.39, 0.29) is 5.91 Å². The highest BCUT2D eigenvalue weighted by Crippen LogP contribution is 2.35. The van der Waals surface area contributed by atoms with Crippen LogP contribution in [-0.4, -0.2) is 31.7 Å². The summed E-state index contributed by atoms with van der Waals surface area (Å²) in [6.07, 6.45) is 0.991. The molecule has 0 unspecified atom stereocenters. The van der Waals surface area contributed by atoms with Crippen LogP contribution in [-0.2, 0) is 4.79 Å². The van der Waals surface area contributed by atoms with Crippen LogP contribution < -0.4 is 19.5 Å². The van der Waals surface area contributed by atoms with E-state index < -0.39 is 0 Å². The van der Waals surface area contributed by atoms with Gasteiger partial charge < -0.3 is 19.5 Å². The lowest BCUT2D eigenvalue weighted by atomic mass is 10.1. The SMILES string of the molecule is COc1ccc(OC)c(-c2csc(NC(=O)CCCOc3ccc(C)cc3)n2)c1. The first-order chi connectivity index (χ1) is 14.1. The summed E-state index contributed by atoms with van der Waals surface area (Å²) in [4.78, 5) is 16.7. The zero-order chi connectivity index (χ0) is 20.6. The molecule has 0 aliphatic carbocycles. The molecule has 152 valence electrons. The fourth-order valence-electron chi connectivity index (χ4n) is 2.71. The van der Waals surface area contributed by atoms with Gasteiger partial charge in [0.05, 0.1) is 26.5 Å². The number of carbonyl (C=O) groups excluding carboxylic acids is 1. The van der Waals surface area contributed by atoms with Crippen LogP contribution >= 0.6 is 11.3 Å². The average Bonchev–Trinajstić information content (AvgIpc) is 3.20. The molecule has 0 fully saturated rings. The number of hydrogen-bond donors (Lipinski definition) is 1. The van der Waals surface area contributed by atoms with Gasteiger partial charge in [-0.05, 0) is 43.7 Å². The van der Waals surface area contributed by atoms with E-state index in [2.05, 4.69) is 10.3 Å². The van der Waals surface area contributed by atoms with Crippen molar-refractivity contribution >= 4 is 22.4 Å². The molecule has 29 heavy (non-hydrogen) atoms. The Kier molecular flexibility index (Phi) is 7.08. The maximum absolute atomic E-state index is 12.2. The number of hydrogen-bond acceptors (Lipinski definition) is 6. The Morgan fingerprint density at radius 1 is 1.07 bits per heavy atom. The Bertz CT molecular complexity index is 954. The van der Waals surface area contributed by atoms with Gasteiger partial charge in [-0.15, -0.1) is 11.3 Å². The summed E-state index contributed by atoms with van der Waals surface area (Å²) in [5.41, 5.74) is 2.73. The van der Waals surface area contributed by atoms with Gasteiger partial charge in [-0.1, -0.05) is 17.7 Å². The number of aromatic nitrogens is 1. The van der Waals surface area contributed by atoms with Gasteiger partial charge in [0.1, 0.15) is 17.2 Å². The van der Waals surface area contributed by atoms with Gasteiger partial charge in [0, 0.05) is 17.4 Å². The van der Waals surface area contributed by atoms with Crippen molar-refractivity contribution in [2.45, 2.75) is 19.8 Å². The molecule has 1 aromatic heterocycles. The van der Waals surface area contributed by atoms with Crippen LogP contribution in [0.15, 0.2) is 47.8 Å². The van der Waals surface area contributed by atoms with Crippen LogP contribution in [0.25, 0.3) is 11.3 Å². The van der Waals surface area contributed by atoms with Crippen molar-refractivity contribution in [2.24, 2.45) is 0 Å². The minimum atomic E-state index is -0.0870. The fourth-order valence-corrected chi connectivity index (χ4v) is 3.43. The number of thiazole rings is 1. The largest absolute Gasteiger partial charge is 0.497 e. The summed E-state index contributed by atoms with van der Waals surface area (Å²) in [5, 5.41) is 5.28. The number of ether oxygens (including phenoxy) is 3. The van der Waals surface area contributed by atoms with E-state index >= 15 is 0 Å². The minimum absolute atomic E-state index is 0.0870. The second-order valence-corrected chi connectivity index (χ2v) is 7.28. The summed E-state index contributed by atoms with van der Waals surface area (Å²) in [7, 11) is 3.22. The second-order valence-electron chi connectivity index (χ2n) is 6.42. The summed E-state index contributed by atoms with van der Waals surface area (Å²) in [6.45, 7) is 2.52. The molecule has 1 N–H and O–H groups in total. The lowest BCUT2D eigenvalue weighted by molar-refractivity contribution is -0.116. The van der Waals surface area contributed by atoms with E-state index in [1.165, 1.54) is 16.9 Å². The molecule has 3 aromatic rings. The predicted octanol–water partition coefficient (Wildman–Crippen LogP) is 4.93. The molecule has 0 saturated carbocycles. The number of amides is 1. The number of carbonyl (C=O) groups is 1. The predicted molar refractivity (Wildman–Crippen MR) is 115 cm³/mol. The Morgan fingerprint density at radius 3 is 2.55 bits per heavy atom. The van der Waals surface area contributed by atoms with Crippen molar-refractivity contribution in [3.8, 4) is 28.5 Å². The van der Waals surface area contributed by atoms with Gasteiger partial charge in [-0.25, -0.2) is 4.98 Å². The van der Waals surface area contributed by atoms with Crippen molar-refractivity contribution in [1.82, 2.24) is 4.98 Å². The Morgan fingerprint density at radius 2 is 1.83 bits per heavy atom. The van der Waals surface area contributed by atoms with Crippen LogP contribution in [0.1, 0.15) is 18.4 Å². The smallest absolute Gasteiger partial charge is 0.226 e. The summed E-state index contributed by atoms with van der Waals surface area (Å²) in [6, 6.07) is 13.4. The highest BCUT2D eigenvalue weighted by Gasteiger charge is 2.13. The van der Waals surface area contributed by atoms with Crippen LogP contribution in [0.2, 0.25) is 0 Å². The molecule has 0 aliphatic heterocycles. The van der Waals surface area contributed by atoms with E-state index in [1.807, 2.05) is 54.8 Å². The number of aryl methyl sites for hydroxylation is 1. The first kappa shape index (κ1) is 20.7. The topological polar surface area (TPSA) is 69.7 Å². The number of anilines is 1. The van der Waals surface area contributed by atoms with Crippen molar-refractivity contribution in [3.05, 3.63) is 53.4 Å². The van der Waals surface area contributed by atoms with Crippen molar-refractivity contribution in [2.75, 3.05) is 26.1 Å². The fraction of sp³-hybridized carbons (Fsp3) is 0.273. The van der Waals surface area contributed by atoms with E-state index in [4.69, 9.17) is 14.2 Å². The Hall–Kier alpha value is -3.06. The second kappa shape index (κ2) is 9.93. The monoisotopic (exact) mass is 412 g/mol. The quantitative estimate of drug-likeness (QED) is 0.505. The van der Waals surface area contributed by atoms with Gasteiger partial charge in [0.2, 0.25) is 5.91 Å². The normalized spacial score (nSPS) is 10.4. The molecule has 7 heteroatoms. The van der Waals surface area contributed by atoms with Crippen molar-refractivity contribution < 1.29 is 19.0 Å². The first-order valence-electron chi connectivity index (χ1n) is 9.26. The highest BCUT2D eigenvalue weighted by atomic mass is 32.1. The number of rotatable bonds is 9. The molecular formula is C22H24N2O4S. The van der Waals surface area contributed by atoms with E-state index in [1.54, 1.807) is 14.2 Å². The molecule has 1 amide bonds. The first-order valence-corrected chi connectivity index (χ1v) is 10.1. The molecule has 1 heterocycles. The van der Waals surface area contributed by atoms with Gasteiger partial charge in [-0.3, -0.25) is 4.79 Å². The maximum Gasteiger partial charge on any atom is 0.226 e. The lowest BCUT2D eigenvalue weighted by Gasteiger charge is -2.08. The molecule has 0 saturated heterocycles. The third kappa shape index (κ3) is 5.71. The average molecular weight is 413 g/mol. The minimum Gasteiger partial charge on any atom is -0.497 e. The number of benzene rings is 2. The van der Waals surface area contributed by atoms with E-state index in [9.17, 15) is 4.79 Å². The highest BCUT2D eigenvalue weighted by molar-refractivity contribution is 7.14. The third-order valence-corrected chi connectivity index (χ3v) is 5.03. The van der Waals surface area contributed by atoms with Crippen LogP contribution in [0.4, 0.5) is 5.13 Å². The molecule has 0 radical (unpaired) electrons. The Balaban J connectivity index is 1.52. The zero-order valence-corrected chi connectivity index (χ0v) is 17.5. The molecule has 0 aliphatic rings. The summed E-state index contributed by atoms with van der Waals surface area (Å²) < 4.78 is 16.3. The number of nitrogens with one attached hydrogen (secondary N) is 1. The van der Waals surface area contributed by atoms with E-state index in [0.717, 1.165) is 17.0 Å². The molecule has 0 atom stereocenters. The maximum atomic E-state index is 12.2. The lowest BCUT2D eigenvalue weighted by Crippen LogP contribution is -2.12. The molecule has 3 rings (SSSR count). The van der Waals surface area contributed by atoms with Crippen LogP contribution in [0.5, 0.6) is 17.2 Å². The molecule has 6 nitrogen and oxygen atoms in total. The van der Waals surface area contributed by atoms with Gasteiger partial charge >= 0.3 is 0 Å². The summed E-state index contributed by atoms with van der Waals surface area (Å²) in [5.74, 6) is 2.14.